The van der Waals surface area contributed by atoms with Gasteiger partial charge in [0.1, 0.15) is 5.82 Å². The highest BCUT2D eigenvalue weighted by Crippen LogP contribution is 2.11. The average molecular weight is 245 g/mol. The van der Waals surface area contributed by atoms with Crippen LogP contribution >= 0.6 is 0 Å². The van der Waals surface area contributed by atoms with Gasteiger partial charge in [-0.1, -0.05) is 23.4 Å². The molecule has 0 fully saturated rings. The first kappa shape index (κ1) is 10.6. The molecule has 0 amide bonds. The molecule has 0 radical (unpaired) electrons. The summed E-state index contributed by atoms with van der Waals surface area (Å²) in [6.07, 6.45) is 1.45. The van der Waals surface area contributed by atoms with Crippen LogP contribution in [0.15, 0.2) is 35.4 Å². The van der Waals surface area contributed by atoms with Crippen LogP contribution in [0.1, 0.15) is 5.56 Å². The highest BCUT2D eigenvalue weighted by molar-refractivity contribution is 5.68. The second-order valence-electron chi connectivity index (χ2n) is 3.78. The number of imidazole rings is 1. The van der Waals surface area contributed by atoms with Crippen LogP contribution in [0.4, 0.5) is 4.39 Å². The predicted octanol–water partition coefficient (Wildman–Crippen LogP) is 0.702. The SMILES string of the molecule is O=c1[nH]nnc2c1ncn2Cc1ccccc1F. The highest BCUT2D eigenvalue weighted by Gasteiger charge is 2.09. The highest BCUT2D eigenvalue weighted by atomic mass is 19.1. The molecule has 0 bridgehead atoms. The van der Waals surface area contributed by atoms with Crippen LogP contribution < -0.4 is 5.56 Å². The molecule has 6 nitrogen and oxygen atoms in total. The summed E-state index contributed by atoms with van der Waals surface area (Å²) in [5.41, 5.74) is 0.620. The molecule has 2 heterocycles. The maximum atomic E-state index is 13.5. The molecule has 0 saturated heterocycles. The van der Waals surface area contributed by atoms with Gasteiger partial charge in [-0.05, 0) is 6.07 Å². The number of aromatic nitrogens is 5. The van der Waals surface area contributed by atoms with E-state index in [0.717, 1.165) is 0 Å². The van der Waals surface area contributed by atoms with Gasteiger partial charge in [-0.25, -0.2) is 14.5 Å². The van der Waals surface area contributed by atoms with E-state index in [-0.39, 0.29) is 17.9 Å². The fraction of sp³-hybridized carbons (Fsp3) is 0.0909. The Morgan fingerprint density at radius 1 is 1.33 bits per heavy atom. The van der Waals surface area contributed by atoms with E-state index >= 15 is 0 Å². The first-order valence-electron chi connectivity index (χ1n) is 5.25. The van der Waals surface area contributed by atoms with Crippen LogP contribution in [0, 0.1) is 5.82 Å². The standard InChI is InChI=1S/C11H8FN5O/c12-8-4-2-1-3-7(8)5-17-6-13-9-10(17)14-16-15-11(9)18/h1-4,6H,5H2,(H,14,15,18). The van der Waals surface area contributed by atoms with Gasteiger partial charge >= 0.3 is 0 Å². The van der Waals surface area contributed by atoms with Gasteiger partial charge in [0.05, 0.1) is 12.9 Å². The fourth-order valence-corrected chi connectivity index (χ4v) is 1.74. The van der Waals surface area contributed by atoms with Gasteiger partial charge in [0.2, 0.25) is 0 Å². The molecule has 0 aliphatic heterocycles. The average Bonchev–Trinajstić information content (AvgIpc) is 2.77. The molecule has 0 saturated carbocycles. The second kappa shape index (κ2) is 4.02. The van der Waals surface area contributed by atoms with Crippen molar-refractivity contribution in [3.05, 3.63) is 52.3 Å². The number of nitrogens with zero attached hydrogens (tertiary/aromatic N) is 4. The van der Waals surface area contributed by atoms with Crippen LogP contribution in [-0.2, 0) is 6.54 Å². The number of H-pyrrole nitrogens is 1. The molecular weight excluding hydrogens is 237 g/mol. The van der Waals surface area contributed by atoms with Crippen molar-refractivity contribution in [3.8, 4) is 0 Å². The Hall–Kier alpha value is -2.57. The van der Waals surface area contributed by atoms with E-state index in [9.17, 15) is 9.18 Å². The topological polar surface area (TPSA) is 76.5 Å². The summed E-state index contributed by atoms with van der Waals surface area (Å²) in [7, 11) is 0. The predicted molar refractivity (Wildman–Crippen MR) is 61.4 cm³/mol. The van der Waals surface area contributed by atoms with Gasteiger partial charge in [0.25, 0.3) is 5.56 Å². The zero-order valence-electron chi connectivity index (χ0n) is 9.17. The van der Waals surface area contributed by atoms with Gasteiger partial charge < -0.3 is 4.57 Å². The Balaban J connectivity index is 2.09. The largest absolute Gasteiger partial charge is 0.309 e. The zero-order valence-corrected chi connectivity index (χ0v) is 9.17. The number of fused-ring (bicyclic) bond motifs is 1. The number of aromatic amines is 1. The van der Waals surface area contributed by atoms with Crippen molar-refractivity contribution in [3.63, 3.8) is 0 Å². The van der Waals surface area contributed by atoms with Crippen LogP contribution in [0.5, 0.6) is 0 Å². The number of nitrogens with one attached hydrogen (secondary N) is 1. The first-order chi connectivity index (χ1) is 8.75. The molecule has 1 N–H and O–H groups in total. The van der Waals surface area contributed by atoms with E-state index < -0.39 is 5.56 Å². The third-order valence-corrected chi connectivity index (χ3v) is 2.62. The third-order valence-electron chi connectivity index (χ3n) is 2.62. The molecule has 7 heteroatoms. The van der Waals surface area contributed by atoms with Gasteiger partial charge in [0, 0.05) is 5.56 Å². The lowest BCUT2D eigenvalue weighted by Crippen LogP contribution is -2.11. The number of benzene rings is 1. The maximum absolute atomic E-state index is 13.5. The van der Waals surface area contributed by atoms with Crippen molar-refractivity contribution in [2.75, 3.05) is 0 Å². The van der Waals surface area contributed by atoms with Gasteiger partial charge in [-0.3, -0.25) is 4.79 Å². The van der Waals surface area contributed by atoms with Crippen molar-refractivity contribution in [1.82, 2.24) is 25.0 Å². The molecule has 0 atom stereocenters. The van der Waals surface area contributed by atoms with E-state index in [2.05, 4.69) is 20.4 Å². The van der Waals surface area contributed by atoms with E-state index in [1.54, 1.807) is 22.8 Å². The van der Waals surface area contributed by atoms with Crippen LogP contribution in [0.25, 0.3) is 11.2 Å². The Bertz CT molecular complexity index is 763. The van der Waals surface area contributed by atoms with Crippen LogP contribution in [0.3, 0.4) is 0 Å². The third kappa shape index (κ3) is 1.65. The molecule has 18 heavy (non-hydrogen) atoms. The summed E-state index contributed by atoms with van der Waals surface area (Å²) < 4.78 is 15.1. The molecule has 1 aromatic carbocycles. The lowest BCUT2D eigenvalue weighted by molar-refractivity contribution is 0.600. The molecule has 3 aromatic rings. The van der Waals surface area contributed by atoms with Crippen molar-refractivity contribution in [2.45, 2.75) is 6.54 Å². The lowest BCUT2D eigenvalue weighted by atomic mass is 10.2. The fourth-order valence-electron chi connectivity index (χ4n) is 1.74. The lowest BCUT2D eigenvalue weighted by Gasteiger charge is -2.04. The van der Waals surface area contributed by atoms with Crippen molar-refractivity contribution < 1.29 is 4.39 Å². The summed E-state index contributed by atoms with van der Waals surface area (Å²) in [5, 5.41) is 9.46. The molecule has 0 spiro atoms. The monoisotopic (exact) mass is 245 g/mol. The van der Waals surface area contributed by atoms with Gasteiger partial charge in [-0.2, -0.15) is 0 Å². The van der Waals surface area contributed by atoms with Crippen molar-refractivity contribution >= 4 is 11.2 Å². The summed E-state index contributed by atoms with van der Waals surface area (Å²) >= 11 is 0. The minimum absolute atomic E-state index is 0.196. The Kier molecular flexibility index (Phi) is 2.36. The zero-order chi connectivity index (χ0) is 12.5. The summed E-state index contributed by atoms with van der Waals surface area (Å²) in [6.45, 7) is 0.251. The molecule has 90 valence electrons. The molecule has 0 unspecified atom stereocenters. The minimum atomic E-state index is -0.410. The Labute approximate surface area is 100 Å². The molecule has 3 rings (SSSR count). The summed E-state index contributed by atoms with van der Waals surface area (Å²) in [6, 6.07) is 6.42. The second-order valence-corrected chi connectivity index (χ2v) is 3.78. The summed E-state index contributed by atoms with van der Waals surface area (Å²) in [4.78, 5) is 15.3. The smallest absolute Gasteiger partial charge is 0.295 e. The number of hydrogen-bond donors (Lipinski definition) is 1. The Morgan fingerprint density at radius 2 is 2.17 bits per heavy atom. The Morgan fingerprint density at radius 3 is 3.00 bits per heavy atom. The normalized spacial score (nSPS) is 10.9. The number of halogens is 1. The van der Waals surface area contributed by atoms with E-state index in [0.29, 0.717) is 11.2 Å². The van der Waals surface area contributed by atoms with Gasteiger partial charge in [0.15, 0.2) is 11.2 Å². The number of hydrogen-bond acceptors (Lipinski definition) is 4. The van der Waals surface area contributed by atoms with Crippen molar-refractivity contribution in [1.29, 1.82) is 0 Å². The van der Waals surface area contributed by atoms with E-state index in [1.165, 1.54) is 12.4 Å². The van der Waals surface area contributed by atoms with E-state index in [4.69, 9.17) is 0 Å². The molecular formula is C11H8FN5O. The quantitative estimate of drug-likeness (QED) is 0.721. The molecule has 0 aliphatic carbocycles. The van der Waals surface area contributed by atoms with Crippen molar-refractivity contribution in [2.24, 2.45) is 0 Å². The molecule has 0 aliphatic rings. The van der Waals surface area contributed by atoms with Gasteiger partial charge in [-0.15, -0.1) is 5.10 Å². The maximum Gasteiger partial charge on any atom is 0.295 e. The van der Waals surface area contributed by atoms with E-state index in [1.807, 2.05) is 0 Å². The first-order valence-corrected chi connectivity index (χ1v) is 5.25. The van der Waals surface area contributed by atoms with Crippen LogP contribution in [0.2, 0.25) is 0 Å². The van der Waals surface area contributed by atoms with Crippen LogP contribution in [-0.4, -0.2) is 25.0 Å². The summed E-state index contributed by atoms with van der Waals surface area (Å²) in [5.74, 6) is -0.308. The number of rotatable bonds is 2. The minimum Gasteiger partial charge on any atom is -0.309 e. The molecule has 2 aromatic heterocycles.